The van der Waals surface area contributed by atoms with Crippen molar-refractivity contribution in [2.75, 3.05) is 10.6 Å². The number of hydrogen-bond donors (Lipinski definition) is 3. The Morgan fingerprint density at radius 3 is 2.87 bits per heavy atom. The maximum atomic E-state index is 11.9. The fraction of sp³-hybridized carbons (Fsp3) is 0.312. The molecule has 1 fully saturated rings. The fourth-order valence-electron chi connectivity index (χ4n) is 2.10. The molecule has 1 saturated carbocycles. The van der Waals surface area contributed by atoms with Crippen molar-refractivity contribution in [3.05, 3.63) is 40.9 Å². The molecule has 3 rings (SSSR count). The van der Waals surface area contributed by atoms with E-state index in [9.17, 15) is 9.59 Å². The number of amides is 3. The Bertz CT molecular complexity index is 724. The molecule has 6 nitrogen and oxygen atoms in total. The van der Waals surface area contributed by atoms with Crippen LogP contribution in [0.1, 0.15) is 24.1 Å². The highest BCUT2D eigenvalue weighted by atomic mass is 32.1. The van der Waals surface area contributed by atoms with E-state index < -0.39 is 0 Å². The molecule has 1 aliphatic rings. The van der Waals surface area contributed by atoms with Gasteiger partial charge in [-0.2, -0.15) is 0 Å². The van der Waals surface area contributed by atoms with Gasteiger partial charge in [-0.1, -0.05) is 12.1 Å². The minimum absolute atomic E-state index is 0.0198. The minimum atomic E-state index is -0.348. The van der Waals surface area contributed by atoms with Gasteiger partial charge < -0.3 is 10.6 Å². The summed E-state index contributed by atoms with van der Waals surface area (Å²) >= 11 is 1.31. The third kappa shape index (κ3) is 4.79. The fourth-order valence-corrected chi connectivity index (χ4v) is 2.80. The average Bonchev–Trinajstić information content (AvgIpc) is 3.18. The van der Waals surface area contributed by atoms with Crippen LogP contribution in [0.2, 0.25) is 0 Å². The molecule has 1 aromatic carbocycles. The first-order chi connectivity index (χ1) is 11.1. The van der Waals surface area contributed by atoms with Crippen LogP contribution in [0.3, 0.4) is 0 Å². The summed E-state index contributed by atoms with van der Waals surface area (Å²) in [6.07, 6.45) is 2.37. The van der Waals surface area contributed by atoms with E-state index in [4.69, 9.17) is 0 Å². The molecule has 7 heteroatoms. The lowest BCUT2D eigenvalue weighted by molar-refractivity contribution is -0.120. The van der Waals surface area contributed by atoms with Crippen LogP contribution >= 0.6 is 11.3 Å². The van der Waals surface area contributed by atoms with Crippen molar-refractivity contribution in [2.24, 2.45) is 0 Å². The summed E-state index contributed by atoms with van der Waals surface area (Å²) in [6, 6.07) is 7.54. The Kier molecular flexibility index (Phi) is 4.57. The first-order valence-electron chi connectivity index (χ1n) is 7.47. The van der Waals surface area contributed by atoms with Gasteiger partial charge in [-0.15, -0.1) is 11.3 Å². The summed E-state index contributed by atoms with van der Waals surface area (Å²) in [5.41, 5.74) is 2.46. The topological polar surface area (TPSA) is 83.1 Å². The molecule has 0 radical (unpaired) electrons. The smallest absolute Gasteiger partial charge is 0.325 e. The van der Waals surface area contributed by atoms with E-state index in [1.807, 2.05) is 31.2 Å². The SMILES string of the molecule is Cc1cccc(NC(=O)Nc2nc(CC(=O)NC3CC3)cs2)c1. The first kappa shape index (κ1) is 15.5. The zero-order valence-electron chi connectivity index (χ0n) is 12.8. The number of thiazole rings is 1. The van der Waals surface area contributed by atoms with Crippen LogP contribution in [-0.2, 0) is 11.2 Å². The Hall–Kier alpha value is -2.41. The van der Waals surface area contributed by atoms with E-state index in [2.05, 4.69) is 20.9 Å². The number of carbonyl (C=O) groups is 2. The molecule has 3 N–H and O–H groups in total. The Morgan fingerprint density at radius 2 is 2.13 bits per heavy atom. The van der Waals surface area contributed by atoms with Crippen LogP contribution in [-0.4, -0.2) is 23.0 Å². The largest absolute Gasteiger partial charge is 0.353 e. The van der Waals surface area contributed by atoms with Gasteiger partial charge in [-0.05, 0) is 37.5 Å². The molecule has 0 spiro atoms. The van der Waals surface area contributed by atoms with Gasteiger partial charge in [0.15, 0.2) is 5.13 Å². The second-order valence-corrected chi connectivity index (χ2v) is 6.47. The molecule has 23 heavy (non-hydrogen) atoms. The molecule has 0 saturated heterocycles. The number of benzene rings is 1. The van der Waals surface area contributed by atoms with Crippen molar-refractivity contribution in [3.8, 4) is 0 Å². The number of urea groups is 1. The van der Waals surface area contributed by atoms with Crippen LogP contribution in [0.15, 0.2) is 29.6 Å². The zero-order valence-corrected chi connectivity index (χ0v) is 13.6. The monoisotopic (exact) mass is 330 g/mol. The molecule has 3 amide bonds. The molecule has 0 atom stereocenters. The molecule has 2 aromatic rings. The van der Waals surface area contributed by atoms with Crippen molar-refractivity contribution in [1.82, 2.24) is 10.3 Å². The molecular weight excluding hydrogens is 312 g/mol. The van der Waals surface area contributed by atoms with Gasteiger partial charge in [0, 0.05) is 17.1 Å². The lowest BCUT2D eigenvalue weighted by Crippen LogP contribution is -2.27. The lowest BCUT2D eigenvalue weighted by Gasteiger charge is -2.05. The predicted molar refractivity (Wildman–Crippen MR) is 90.8 cm³/mol. The molecule has 1 aromatic heterocycles. The van der Waals surface area contributed by atoms with Crippen LogP contribution in [0, 0.1) is 6.92 Å². The van der Waals surface area contributed by atoms with Gasteiger partial charge in [-0.3, -0.25) is 10.1 Å². The summed E-state index contributed by atoms with van der Waals surface area (Å²) in [6.45, 7) is 1.96. The minimum Gasteiger partial charge on any atom is -0.353 e. The number of carbonyl (C=O) groups excluding carboxylic acids is 2. The Labute approximate surface area is 138 Å². The number of aromatic nitrogens is 1. The summed E-state index contributed by atoms with van der Waals surface area (Å²) in [5.74, 6) is -0.0198. The van der Waals surface area contributed by atoms with Crippen molar-refractivity contribution in [2.45, 2.75) is 32.2 Å². The number of aryl methyl sites for hydroxylation is 1. The number of rotatable bonds is 5. The van der Waals surface area contributed by atoms with Gasteiger partial charge in [0.2, 0.25) is 5.91 Å². The van der Waals surface area contributed by atoms with E-state index in [0.29, 0.717) is 16.9 Å². The van der Waals surface area contributed by atoms with Crippen molar-refractivity contribution >= 4 is 34.1 Å². The maximum Gasteiger partial charge on any atom is 0.325 e. The number of hydrogen-bond acceptors (Lipinski definition) is 4. The molecule has 0 bridgehead atoms. The summed E-state index contributed by atoms with van der Waals surface area (Å²) in [5, 5.41) is 10.6. The Balaban J connectivity index is 1.51. The highest BCUT2D eigenvalue weighted by Gasteiger charge is 2.23. The summed E-state index contributed by atoms with van der Waals surface area (Å²) in [4.78, 5) is 27.9. The van der Waals surface area contributed by atoms with Crippen molar-refractivity contribution in [3.63, 3.8) is 0 Å². The van der Waals surface area contributed by atoms with Crippen molar-refractivity contribution < 1.29 is 9.59 Å². The number of anilines is 2. The molecule has 0 aliphatic heterocycles. The zero-order chi connectivity index (χ0) is 16.2. The Morgan fingerprint density at radius 1 is 1.30 bits per heavy atom. The van der Waals surface area contributed by atoms with E-state index in [-0.39, 0.29) is 18.4 Å². The third-order valence-electron chi connectivity index (χ3n) is 3.33. The standard InChI is InChI=1S/C16H18N4O2S/c1-10-3-2-4-12(7-10)18-15(22)20-16-19-13(9-23-16)8-14(21)17-11-5-6-11/h2-4,7,9,11H,5-6,8H2,1H3,(H,17,21)(H2,18,19,20,22). The van der Waals surface area contributed by atoms with Gasteiger partial charge in [0.05, 0.1) is 12.1 Å². The average molecular weight is 330 g/mol. The molecule has 0 unspecified atom stereocenters. The van der Waals surface area contributed by atoms with Gasteiger partial charge in [0.25, 0.3) is 0 Å². The maximum absolute atomic E-state index is 11.9. The van der Waals surface area contributed by atoms with Gasteiger partial charge in [0.1, 0.15) is 0 Å². The highest BCUT2D eigenvalue weighted by molar-refractivity contribution is 7.13. The first-order valence-corrected chi connectivity index (χ1v) is 8.35. The van der Waals surface area contributed by atoms with E-state index >= 15 is 0 Å². The lowest BCUT2D eigenvalue weighted by atomic mass is 10.2. The van der Waals surface area contributed by atoms with Gasteiger partial charge >= 0.3 is 6.03 Å². The normalized spacial score (nSPS) is 13.4. The van der Waals surface area contributed by atoms with E-state index in [1.165, 1.54) is 11.3 Å². The van der Waals surface area contributed by atoms with Crippen LogP contribution in [0.4, 0.5) is 15.6 Å². The van der Waals surface area contributed by atoms with E-state index in [1.54, 1.807) is 5.38 Å². The van der Waals surface area contributed by atoms with E-state index in [0.717, 1.165) is 24.1 Å². The molecule has 1 aliphatic carbocycles. The molecule has 120 valence electrons. The summed E-state index contributed by atoms with van der Waals surface area (Å²) in [7, 11) is 0. The van der Waals surface area contributed by atoms with Crippen LogP contribution in [0.25, 0.3) is 0 Å². The highest BCUT2D eigenvalue weighted by Crippen LogP contribution is 2.20. The van der Waals surface area contributed by atoms with Crippen LogP contribution in [0.5, 0.6) is 0 Å². The third-order valence-corrected chi connectivity index (χ3v) is 4.14. The number of nitrogens with one attached hydrogen (secondary N) is 3. The van der Waals surface area contributed by atoms with Crippen molar-refractivity contribution in [1.29, 1.82) is 0 Å². The van der Waals surface area contributed by atoms with Crippen LogP contribution < -0.4 is 16.0 Å². The second-order valence-electron chi connectivity index (χ2n) is 5.61. The molecule has 1 heterocycles. The number of nitrogens with zero attached hydrogens (tertiary/aromatic N) is 1. The molecular formula is C16H18N4O2S. The summed E-state index contributed by atoms with van der Waals surface area (Å²) < 4.78 is 0. The van der Waals surface area contributed by atoms with Gasteiger partial charge in [-0.25, -0.2) is 9.78 Å². The second kappa shape index (κ2) is 6.78. The quantitative estimate of drug-likeness (QED) is 0.788. The predicted octanol–water partition coefficient (Wildman–Crippen LogP) is 2.92.